The third-order valence-corrected chi connectivity index (χ3v) is 5.79. The van der Waals surface area contributed by atoms with Crippen LogP contribution in [0.2, 0.25) is 0 Å². The van der Waals surface area contributed by atoms with Crippen molar-refractivity contribution in [3.63, 3.8) is 0 Å². The van der Waals surface area contributed by atoms with Crippen LogP contribution in [0.1, 0.15) is 5.56 Å². The molecule has 4 rings (SSSR count). The molecule has 0 saturated carbocycles. The number of nitro benzene ring substituents is 1. The van der Waals surface area contributed by atoms with E-state index < -0.39 is 16.7 Å². The third kappa shape index (κ3) is 3.80. The van der Waals surface area contributed by atoms with Crippen LogP contribution in [0.3, 0.4) is 0 Å². The Bertz CT molecular complexity index is 1210. The van der Waals surface area contributed by atoms with Crippen LogP contribution >= 0.6 is 11.8 Å². The fraction of sp³-hybridized carbons (Fsp3) is 0.0435. The van der Waals surface area contributed by atoms with Gasteiger partial charge in [-0.25, -0.2) is 4.90 Å². The first-order chi connectivity index (χ1) is 15.0. The van der Waals surface area contributed by atoms with Crippen LogP contribution < -0.4 is 9.64 Å². The molecule has 31 heavy (non-hydrogen) atoms. The maximum absolute atomic E-state index is 13.4. The van der Waals surface area contributed by atoms with Gasteiger partial charge in [0.2, 0.25) is 0 Å². The average molecular weight is 432 g/mol. The summed E-state index contributed by atoms with van der Waals surface area (Å²) in [7, 11) is 1.47. The number of non-ortho nitro benzene ring substituents is 1. The van der Waals surface area contributed by atoms with E-state index in [1.54, 1.807) is 24.3 Å². The average Bonchev–Trinajstić information content (AvgIpc) is 3.03. The van der Waals surface area contributed by atoms with Gasteiger partial charge in [0.1, 0.15) is 5.75 Å². The van der Waals surface area contributed by atoms with Gasteiger partial charge in [-0.1, -0.05) is 42.1 Å². The lowest BCUT2D eigenvalue weighted by Gasteiger charge is -2.18. The SMILES string of the molecule is COc1ccccc1N1C(=O)C(Sc2ccccc2)=C(c2ccc([N+](=O)[O-])cc2)C1=O. The number of benzene rings is 3. The molecule has 0 unspecified atom stereocenters. The highest BCUT2D eigenvalue weighted by Gasteiger charge is 2.41. The maximum Gasteiger partial charge on any atom is 0.273 e. The van der Waals surface area contributed by atoms with E-state index in [1.165, 1.54) is 43.1 Å². The zero-order valence-corrected chi connectivity index (χ0v) is 17.2. The van der Waals surface area contributed by atoms with E-state index in [4.69, 9.17) is 4.74 Å². The fourth-order valence-electron chi connectivity index (χ4n) is 3.25. The number of rotatable bonds is 6. The summed E-state index contributed by atoms with van der Waals surface area (Å²) >= 11 is 1.18. The Labute approximate surface area is 182 Å². The van der Waals surface area contributed by atoms with Gasteiger partial charge in [0.15, 0.2) is 0 Å². The van der Waals surface area contributed by atoms with Crippen molar-refractivity contribution in [2.75, 3.05) is 12.0 Å². The van der Waals surface area contributed by atoms with Crippen molar-refractivity contribution < 1.29 is 19.2 Å². The standard InChI is InChI=1S/C23H16N2O5S/c1-30-19-10-6-5-9-18(19)24-22(26)20(15-11-13-16(14-12-15)25(28)29)21(23(24)27)31-17-7-3-2-4-8-17/h2-14H,1H3. The van der Waals surface area contributed by atoms with Crippen LogP contribution in [0, 0.1) is 10.1 Å². The lowest BCUT2D eigenvalue weighted by Crippen LogP contribution is -2.31. The number of nitrogens with zero attached hydrogens (tertiary/aromatic N) is 2. The number of hydrogen-bond donors (Lipinski definition) is 0. The molecule has 0 saturated heterocycles. The minimum Gasteiger partial charge on any atom is -0.495 e. The second-order valence-electron chi connectivity index (χ2n) is 6.54. The number of thioether (sulfide) groups is 1. The Balaban J connectivity index is 1.84. The van der Waals surface area contributed by atoms with Crippen LogP contribution in [-0.2, 0) is 9.59 Å². The first kappa shape index (κ1) is 20.4. The molecule has 0 fully saturated rings. The molecule has 2 amide bonds. The van der Waals surface area contributed by atoms with Gasteiger partial charge in [0.05, 0.1) is 28.2 Å². The van der Waals surface area contributed by atoms with Gasteiger partial charge in [0, 0.05) is 17.0 Å². The van der Waals surface area contributed by atoms with Crippen molar-refractivity contribution in [2.24, 2.45) is 0 Å². The van der Waals surface area contributed by atoms with E-state index in [-0.39, 0.29) is 16.2 Å². The molecule has 0 aliphatic carbocycles. The highest BCUT2D eigenvalue weighted by molar-refractivity contribution is 8.04. The second-order valence-corrected chi connectivity index (χ2v) is 7.62. The number of ether oxygens (including phenoxy) is 1. The maximum atomic E-state index is 13.4. The monoisotopic (exact) mass is 432 g/mol. The van der Waals surface area contributed by atoms with Gasteiger partial charge in [-0.2, -0.15) is 0 Å². The Morgan fingerprint density at radius 1 is 0.871 bits per heavy atom. The van der Waals surface area contributed by atoms with Crippen molar-refractivity contribution >= 4 is 40.5 Å². The molecular weight excluding hydrogens is 416 g/mol. The number of anilines is 1. The highest BCUT2D eigenvalue weighted by Crippen LogP contribution is 2.43. The lowest BCUT2D eigenvalue weighted by molar-refractivity contribution is -0.384. The number of para-hydroxylation sites is 2. The molecule has 0 N–H and O–H groups in total. The number of carbonyl (C=O) groups is 2. The molecule has 0 radical (unpaired) electrons. The van der Waals surface area contributed by atoms with E-state index in [9.17, 15) is 19.7 Å². The minimum atomic E-state index is -0.513. The fourth-order valence-corrected chi connectivity index (χ4v) is 4.26. The lowest BCUT2D eigenvalue weighted by atomic mass is 10.1. The molecular formula is C23H16N2O5S. The summed E-state index contributed by atoms with van der Waals surface area (Å²) in [6.07, 6.45) is 0. The van der Waals surface area contributed by atoms with Gasteiger partial charge < -0.3 is 4.74 Å². The summed E-state index contributed by atoms with van der Waals surface area (Å²) < 4.78 is 5.34. The minimum absolute atomic E-state index is 0.0973. The largest absolute Gasteiger partial charge is 0.495 e. The number of nitro groups is 1. The van der Waals surface area contributed by atoms with Crippen molar-refractivity contribution in [1.82, 2.24) is 0 Å². The molecule has 0 spiro atoms. The van der Waals surface area contributed by atoms with Crippen molar-refractivity contribution in [1.29, 1.82) is 0 Å². The zero-order chi connectivity index (χ0) is 22.0. The molecule has 1 aliphatic heterocycles. The molecule has 3 aromatic carbocycles. The van der Waals surface area contributed by atoms with Crippen LogP contribution in [0.5, 0.6) is 5.75 Å². The van der Waals surface area contributed by atoms with Crippen LogP contribution in [0.4, 0.5) is 11.4 Å². The van der Waals surface area contributed by atoms with E-state index >= 15 is 0 Å². The second kappa shape index (κ2) is 8.45. The molecule has 1 heterocycles. The molecule has 3 aromatic rings. The summed E-state index contributed by atoms with van der Waals surface area (Å²) in [4.78, 5) is 39.5. The first-order valence-corrected chi connectivity index (χ1v) is 10.1. The van der Waals surface area contributed by atoms with Gasteiger partial charge >= 0.3 is 0 Å². The number of carbonyl (C=O) groups excluding carboxylic acids is 2. The predicted octanol–water partition coefficient (Wildman–Crippen LogP) is 4.68. The normalized spacial score (nSPS) is 13.6. The summed E-state index contributed by atoms with van der Waals surface area (Å²) in [5.41, 5.74) is 0.863. The van der Waals surface area contributed by atoms with Gasteiger partial charge in [-0.3, -0.25) is 19.7 Å². The summed E-state index contributed by atoms with van der Waals surface area (Å²) in [6.45, 7) is 0. The first-order valence-electron chi connectivity index (χ1n) is 9.25. The Morgan fingerprint density at radius 3 is 2.16 bits per heavy atom. The van der Waals surface area contributed by atoms with Gasteiger partial charge in [-0.05, 0) is 42.0 Å². The Kier molecular flexibility index (Phi) is 5.55. The summed E-state index contributed by atoms with van der Waals surface area (Å²) in [5.74, 6) is -0.600. The van der Waals surface area contributed by atoms with Gasteiger partial charge in [-0.15, -0.1) is 0 Å². The van der Waals surface area contributed by atoms with Crippen LogP contribution in [0.15, 0.2) is 88.7 Å². The molecule has 8 heteroatoms. The smallest absolute Gasteiger partial charge is 0.273 e. The highest BCUT2D eigenvalue weighted by atomic mass is 32.2. The number of methoxy groups -OCH3 is 1. The van der Waals surface area contributed by atoms with Crippen LogP contribution in [-0.4, -0.2) is 23.8 Å². The molecule has 154 valence electrons. The third-order valence-electron chi connectivity index (χ3n) is 4.70. The predicted molar refractivity (Wildman–Crippen MR) is 118 cm³/mol. The molecule has 0 bridgehead atoms. The van der Waals surface area contributed by atoms with Crippen molar-refractivity contribution in [2.45, 2.75) is 4.90 Å². The Morgan fingerprint density at radius 2 is 1.52 bits per heavy atom. The molecule has 1 aliphatic rings. The van der Waals surface area contributed by atoms with E-state index in [0.717, 1.165) is 9.80 Å². The molecule has 7 nitrogen and oxygen atoms in total. The molecule has 0 aromatic heterocycles. The van der Waals surface area contributed by atoms with Crippen molar-refractivity contribution in [3.05, 3.63) is 99.4 Å². The number of imide groups is 1. The summed E-state index contributed by atoms with van der Waals surface area (Å²) in [6, 6.07) is 21.6. The van der Waals surface area contributed by atoms with Crippen molar-refractivity contribution in [3.8, 4) is 5.75 Å². The van der Waals surface area contributed by atoms with E-state index in [0.29, 0.717) is 17.0 Å². The van der Waals surface area contributed by atoms with E-state index in [1.807, 2.05) is 30.3 Å². The Hall–Kier alpha value is -3.91. The summed E-state index contributed by atoms with van der Waals surface area (Å²) in [5, 5.41) is 11.0. The number of amides is 2. The quantitative estimate of drug-likeness (QED) is 0.319. The number of hydrogen-bond acceptors (Lipinski definition) is 6. The topological polar surface area (TPSA) is 89.8 Å². The zero-order valence-electron chi connectivity index (χ0n) is 16.3. The van der Waals surface area contributed by atoms with E-state index in [2.05, 4.69) is 0 Å². The molecule has 0 atom stereocenters. The van der Waals surface area contributed by atoms with Gasteiger partial charge in [0.25, 0.3) is 17.5 Å². The van der Waals surface area contributed by atoms with Crippen LogP contribution in [0.25, 0.3) is 5.57 Å².